The van der Waals surface area contributed by atoms with Crippen LogP contribution in [-0.2, 0) is 20.8 Å². The number of phenols is 1. The number of carbonyl (C=O) groups excluding carboxylic acids is 4. The predicted octanol–water partition coefficient (Wildman–Crippen LogP) is 2.25. The standard InChI is InChI=1S/C39H38N2O9/c1-41(2)32-28-19-24-18-27-22(11-5-20-7-13-25(49-3)14-8-20)17-23(12-6-21-9-15-26(50-4)16-10-21)33(42)30(27)34(43)29(24)36(45)39(28,48)37(46)31(35(32)44)38(40)47/h5,7-11,13-17,24,28-29,31-32,35,42,44,48H,18-19H2,1-4H3,(H2,40,47)/b11-5+/t24-,28-,29?,31?,32-,35?,39-/m1/s1. The van der Waals surface area contributed by atoms with Crippen LogP contribution in [0.1, 0.15) is 44.6 Å². The molecule has 11 nitrogen and oxygen atoms in total. The number of benzene rings is 3. The number of aliphatic hydroxyl groups is 2. The molecule has 3 unspecified atom stereocenters. The Balaban J connectivity index is 1.48. The average Bonchev–Trinajstić information content (AvgIpc) is 3.09. The molecule has 0 heterocycles. The number of ketones is 3. The van der Waals surface area contributed by atoms with Gasteiger partial charge in [-0.25, -0.2) is 0 Å². The second kappa shape index (κ2) is 13.2. The summed E-state index contributed by atoms with van der Waals surface area (Å²) >= 11 is 0. The van der Waals surface area contributed by atoms with Gasteiger partial charge >= 0.3 is 0 Å². The molecule has 3 aromatic carbocycles. The molecule has 5 N–H and O–H groups in total. The maximum absolute atomic E-state index is 14.4. The van der Waals surface area contributed by atoms with Crippen LogP contribution in [0.25, 0.3) is 12.2 Å². The highest BCUT2D eigenvalue weighted by Crippen LogP contribution is 2.52. The van der Waals surface area contributed by atoms with Crippen molar-refractivity contribution in [3.8, 4) is 29.1 Å². The first-order valence-electron chi connectivity index (χ1n) is 16.2. The number of nitrogens with zero attached hydrogens (tertiary/aromatic N) is 1. The Morgan fingerprint density at radius 1 is 0.960 bits per heavy atom. The summed E-state index contributed by atoms with van der Waals surface area (Å²) in [6.45, 7) is 0. The number of hydrogen-bond donors (Lipinski definition) is 4. The predicted molar refractivity (Wildman–Crippen MR) is 183 cm³/mol. The summed E-state index contributed by atoms with van der Waals surface area (Å²) in [5.41, 5.74) is 5.30. The molecule has 11 heteroatoms. The third-order valence-electron chi connectivity index (χ3n) is 10.3. The van der Waals surface area contributed by atoms with E-state index in [4.69, 9.17) is 15.2 Å². The summed E-state index contributed by atoms with van der Waals surface area (Å²) in [4.78, 5) is 56.3. The zero-order chi connectivity index (χ0) is 36.1. The lowest BCUT2D eigenvalue weighted by Crippen LogP contribution is -2.75. The van der Waals surface area contributed by atoms with Crippen molar-refractivity contribution >= 4 is 35.4 Å². The van der Waals surface area contributed by atoms with Crippen LogP contribution in [-0.4, -0.2) is 89.5 Å². The Kier molecular flexibility index (Phi) is 9.13. The lowest BCUT2D eigenvalue weighted by Gasteiger charge is -2.54. The van der Waals surface area contributed by atoms with Crippen LogP contribution < -0.4 is 15.2 Å². The van der Waals surface area contributed by atoms with Gasteiger partial charge in [0.1, 0.15) is 23.2 Å². The Hall–Kier alpha value is -5.28. The molecule has 0 bridgehead atoms. The highest BCUT2D eigenvalue weighted by molar-refractivity contribution is 6.25. The number of primary amides is 1. The Labute approximate surface area is 289 Å². The van der Waals surface area contributed by atoms with Gasteiger partial charge in [-0.05, 0) is 92.0 Å². The van der Waals surface area contributed by atoms with E-state index in [0.717, 1.165) is 5.56 Å². The normalized spacial score (nSPS) is 27.2. The van der Waals surface area contributed by atoms with Crippen molar-refractivity contribution in [1.29, 1.82) is 0 Å². The van der Waals surface area contributed by atoms with Gasteiger partial charge in [0.05, 0.1) is 37.4 Å². The van der Waals surface area contributed by atoms with Gasteiger partial charge < -0.3 is 35.4 Å². The molecular formula is C39H38N2O9. The van der Waals surface area contributed by atoms with Gasteiger partial charge in [0.25, 0.3) is 0 Å². The van der Waals surface area contributed by atoms with Gasteiger partial charge in [-0.1, -0.05) is 36.1 Å². The average molecular weight is 679 g/mol. The van der Waals surface area contributed by atoms with E-state index < -0.39 is 70.4 Å². The van der Waals surface area contributed by atoms with Crippen LogP contribution >= 0.6 is 0 Å². The van der Waals surface area contributed by atoms with Crippen molar-refractivity contribution in [2.45, 2.75) is 30.6 Å². The molecule has 0 saturated heterocycles. The quantitative estimate of drug-likeness (QED) is 0.172. The summed E-state index contributed by atoms with van der Waals surface area (Å²) in [5, 5.41) is 34.7. The van der Waals surface area contributed by atoms with Crippen LogP contribution in [0.5, 0.6) is 17.2 Å². The van der Waals surface area contributed by atoms with E-state index in [9.17, 15) is 34.5 Å². The molecule has 2 fully saturated rings. The monoisotopic (exact) mass is 678 g/mol. The van der Waals surface area contributed by atoms with Crippen molar-refractivity contribution < 1.29 is 44.0 Å². The van der Waals surface area contributed by atoms with Crippen molar-refractivity contribution in [2.24, 2.45) is 29.4 Å². The fourth-order valence-electron chi connectivity index (χ4n) is 7.88. The molecule has 0 spiro atoms. The number of amides is 1. The number of nitrogens with two attached hydrogens (primary N) is 1. The van der Waals surface area contributed by atoms with Crippen LogP contribution in [0, 0.1) is 35.5 Å². The molecule has 0 aromatic heterocycles. The second-order valence-corrected chi connectivity index (χ2v) is 13.3. The molecule has 7 atom stereocenters. The van der Waals surface area contributed by atoms with E-state index in [1.54, 1.807) is 69.6 Å². The maximum atomic E-state index is 14.4. The van der Waals surface area contributed by atoms with Crippen LogP contribution in [0.3, 0.4) is 0 Å². The lowest BCUT2D eigenvalue weighted by molar-refractivity contribution is -0.190. The molecule has 1 amide bonds. The van der Waals surface area contributed by atoms with E-state index in [-0.39, 0.29) is 24.0 Å². The van der Waals surface area contributed by atoms with Gasteiger partial charge in [-0.15, -0.1) is 0 Å². The largest absolute Gasteiger partial charge is 0.506 e. The van der Waals surface area contributed by atoms with Crippen molar-refractivity contribution in [3.05, 3.63) is 88.0 Å². The summed E-state index contributed by atoms with van der Waals surface area (Å²) in [5.74, 6) is -2.48. The van der Waals surface area contributed by atoms with E-state index in [2.05, 4.69) is 11.8 Å². The molecule has 3 aliphatic rings. The number of fused-ring (bicyclic) bond motifs is 3. The van der Waals surface area contributed by atoms with Crippen LogP contribution in [0.2, 0.25) is 0 Å². The number of aliphatic hydroxyl groups excluding tert-OH is 1. The second-order valence-electron chi connectivity index (χ2n) is 13.3. The van der Waals surface area contributed by atoms with Gasteiger partial charge in [0.15, 0.2) is 23.0 Å². The first kappa shape index (κ1) is 34.6. The molecular weight excluding hydrogens is 640 g/mol. The number of hydrogen-bond acceptors (Lipinski definition) is 10. The summed E-state index contributed by atoms with van der Waals surface area (Å²) in [6.07, 6.45) is 2.24. The van der Waals surface area contributed by atoms with Gasteiger partial charge in [0, 0.05) is 17.5 Å². The molecule has 3 aromatic rings. The lowest BCUT2D eigenvalue weighted by atomic mass is 9.52. The van der Waals surface area contributed by atoms with Gasteiger partial charge in [-0.2, -0.15) is 0 Å². The zero-order valence-corrected chi connectivity index (χ0v) is 28.0. The molecule has 2 saturated carbocycles. The number of aromatic hydroxyl groups is 1. The molecule has 0 aliphatic heterocycles. The van der Waals surface area contributed by atoms with E-state index in [1.807, 2.05) is 30.3 Å². The van der Waals surface area contributed by atoms with Crippen LogP contribution in [0.4, 0.5) is 0 Å². The minimum Gasteiger partial charge on any atom is -0.506 e. The van der Waals surface area contributed by atoms with E-state index >= 15 is 0 Å². The van der Waals surface area contributed by atoms with E-state index in [1.165, 1.54) is 0 Å². The maximum Gasteiger partial charge on any atom is 0.230 e. The molecule has 50 heavy (non-hydrogen) atoms. The summed E-state index contributed by atoms with van der Waals surface area (Å²) < 4.78 is 10.5. The number of ether oxygens (including phenoxy) is 2. The minimum atomic E-state index is -2.75. The van der Waals surface area contributed by atoms with Crippen molar-refractivity contribution in [1.82, 2.24) is 4.90 Å². The van der Waals surface area contributed by atoms with Gasteiger partial charge in [0.2, 0.25) is 5.91 Å². The highest BCUT2D eigenvalue weighted by Gasteiger charge is 2.69. The molecule has 0 radical (unpaired) electrons. The van der Waals surface area contributed by atoms with Crippen molar-refractivity contribution in [3.63, 3.8) is 0 Å². The fraction of sp³-hybridized carbons (Fsp3) is 0.333. The van der Waals surface area contributed by atoms with E-state index in [0.29, 0.717) is 28.2 Å². The molecule has 258 valence electrons. The van der Waals surface area contributed by atoms with Crippen LogP contribution in [0.15, 0.2) is 54.6 Å². The first-order chi connectivity index (χ1) is 23.8. The number of Topliss-reactive ketones (excluding diaryl/α,β-unsaturated/α-hetero) is 3. The van der Waals surface area contributed by atoms with Gasteiger partial charge in [-0.3, -0.25) is 19.2 Å². The Morgan fingerprint density at radius 3 is 2.16 bits per heavy atom. The first-order valence-corrected chi connectivity index (χ1v) is 16.2. The Bertz CT molecular complexity index is 1970. The highest BCUT2D eigenvalue weighted by atomic mass is 16.5. The summed E-state index contributed by atoms with van der Waals surface area (Å²) in [7, 11) is 6.33. The van der Waals surface area contributed by atoms with Crippen molar-refractivity contribution in [2.75, 3.05) is 28.3 Å². The minimum absolute atomic E-state index is 0.0106. The molecule has 6 rings (SSSR count). The Morgan fingerprint density at radius 2 is 1.58 bits per heavy atom. The number of carbonyl (C=O) groups is 4. The third kappa shape index (κ3) is 5.65. The number of likely N-dealkylation sites (N-methyl/N-ethyl adjacent to an activating group) is 1. The number of methoxy groups -OCH3 is 2. The fourth-order valence-corrected chi connectivity index (χ4v) is 7.88. The third-order valence-corrected chi connectivity index (χ3v) is 10.3. The number of rotatable bonds is 6. The zero-order valence-electron chi connectivity index (χ0n) is 28.0. The SMILES string of the molecule is COc1ccc(C#Cc2cc(/C=C/c3ccc(OC)cc3)c3c(c2O)C(=O)C2C(=O)[C@@]4(O)C(=O)C(C(N)=O)C(O)[C@H](N(C)C)[C@H]4C[C@H]2C3)cc1. The number of phenolic OH excluding ortho intramolecular Hbond substituents is 1. The topological polar surface area (TPSA) is 177 Å². The smallest absolute Gasteiger partial charge is 0.230 e. The molecule has 3 aliphatic carbocycles. The summed E-state index contributed by atoms with van der Waals surface area (Å²) in [6, 6.07) is 15.0.